The molecule has 0 unspecified atom stereocenters. The van der Waals surface area contributed by atoms with Gasteiger partial charge < -0.3 is 4.90 Å². The van der Waals surface area contributed by atoms with E-state index in [0.29, 0.717) is 18.0 Å². The van der Waals surface area contributed by atoms with Gasteiger partial charge in [0.25, 0.3) is 11.1 Å². The lowest BCUT2D eigenvalue weighted by Gasteiger charge is -2.22. The lowest BCUT2D eigenvalue weighted by molar-refractivity contribution is -0.135. The Hall–Kier alpha value is -2.86. The number of hydrogen-bond donors (Lipinski definition) is 0. The summed E-state index contributed by atoms with van der Waals surface area (Å²) in [4.78, 5) is 40.9. The molecule has 0 spiro atoms. The number of thioether (sulfide) groups is 1. The van der Waals surface area contributed by atoms with E-state index in [1.807, 2.05) is 54.6 Å². The molecule has 0 bridgehead atoms. The number of likely N-dealkylation sites (tertiary alicyclic amines) is 1. The summed E-state index contributed by atoms with van der Waals surface area (Å²) in [6.07, 6.45) is 5.92. The normalized spacial score (nSPS) is 18.7. The molecule has 30 heavy (non-hydrogen) atoms. The predicted octanol–water partition coefficient (Wildman–Crippen LogP) is 4.79. The fourth-order valence-electron chi connectivity index (χ4n) is 3.75. The molecule has 2 fully saturated rings. The monoisotopic (exact) mass is 420 g/mol. The summed E-state index contributed by atoms with van der Waals surface area (Å²) >= 11 is 0.898. The molecular weight excluding hydrogens is 396 g/mol. The number of rotatable bonds is 4. The maximum Gasteiger partial charge on any atom is 0.294 e. The predicted molar refractivity (Wildman–Crippen MR) is 120 cm³/mol. The first-order valence-electron chi connectivity index (χ1n) is 10.3. The van der Waals surface area contributed by atoms with Crippen molar-refractivity contribution in [2.24, 2.45) is 0 Å². The SMILES string of the molecule is O=C(CN1C(=O)S/C(=C\c2ccc(-c3ccccc3)cc2)C1=O)N1CCCCCC1. The Bertz CT molecular complexity index is 962. The summed E-state index contributed by atoms with van der Waals surface area (Å²) in [6, 6.07) is 17.9. The summed E-state index contributed by atoms with van der Waals surface area (Å²) < 4.78 is 0. The lowest BCUT2D eigenvalue weighted by atomic mass is 10.0. The van der Waals surface area contributed by atoms with Crippen molar-refractivity contribution >= 4 is 34.9 Å². The third kappa shape index (κ3) is 4.65. The van der Waals surface area contributed by atoms with Gasteiger partial charge in [0, 0.05) is 13.1 Å². The molecule has 0 N–H and O–H groups in total. The topological polar surface area (TPSA) is 57.7 Å². The zero-order chi connectivity index (χ0) is 20.9. The largest absolute Gasteiger partial charge is 0.341 e. The van der Waals surface area contributed by atoms with Crippen molar-refractivity contribution in [2.45, 2.75) is 25.7 Å². The molecule has 2 heterocycles. The second-order valence-corrected chi connectivity index (χ2v) is 8.54. The van der Waals surface area contributed by atoms with Crippen LogP contribution in [0.2, 0.25) is 0 Å². The number of carbonyl (C=O) groups is 3. The molecule has 2 aromatic rings. The molecular formula is C24H24N2O3S. The van der Waals surface area contributed by atoms with Gasteiger partial charge in [-0.25, -0.2) is 0 Å². The summed E-state index contributed by atoms with van der Waals surface area (Å²) in [5.74, 6) is -0.534. The van der Waals surface area contributed by atoms with Gasteiger partial charge in [-0.2, -0.15) is 0 Å². The van der Waals surface area contributed by atoms with E-state index in [-0.39, 0.29) is 23.6 Å². The number of imide groups is 1. The van der Waals surface area contributed by atoms with Gasteiger partial charge in [0.15, 0.2) is 0 Å². The molecule has 6 heteroatoms. The van der Waals surface area contributed by atoms with E-state index in [1.54, 1.807) is 11.0 Å². The smallest absolute Gasteiger partial charge is 0.294 e. The van der Waals surface area contributed by atoms with E-state index in [2.05, 4.69) is 0 Å². The van der Waals surface area contributed by atoms with Crippen molar-refractivity contribution in [1.29, 1.82) is 0 Å². The van der Waals surface area contributed by atoms with Gasteiger partial charge in [-0.3, -0.25) is 19.3 Å². The van der Waals surface area contributed by atoms with Crippen LogP contribution >= 0.6 is 11.8 Å². The molecule has 0 aromatic heterocycles. The molecule has 2 aromatic carbocycles. The highest BCUT2D eigenvalue weighted by molar-refractivity contribution is 8.18. The molecule has 0 saturated carbocycles. The molecule has 0 atom stereocenters. The third-order valence-corrected chi connectivity index (χ3v) is 6.35. The summed E-state index contributed by atoms with van der Waals surface area (Å²) in [5, 5.41) is -0.379. The van der Waals surface area contributed by atoms with Crippen LogP contribution in [0, 0.1) is 0 Å². The molecule has 154 valence electrons. The Labute approximate surface area is 180 Å². The second-order valence-electron chi connectivity index (χ2n) is 7.55. The van der Waals surface area contributed by atoms with E-state index < -0.39 is 0 Å². The van der Waals surface area contributed by atoms with Crippen LogP contribution in [0.5, 0.6) is 0 Å². The fourth-order valence-corrected chi connectivity index (χ4v) is 4.58. The minimum atomic E-state index is -0.389. The van der Waals surface area contributed by atoms with Crippen LogP contribution < -0.4 is 0 Å². The van der Waals surface area contributed by atoms with Crippen molar-refractivity contribution in [3.63, 3.8) is 0 Å². The van der Waals surface area contributed by atoms with Crippen LogP contribution in [0.15, 0.2) is 59.5 Å². The molecule has 2 aliphatic rings. The van der Waals surface area contributed by atoms with Crippen molar-refractivity contribution in [3.05, 3.63) is 65.1 Å². The van der Waals surface area contributed by atoms with Gasteiger partial charge in [0.05, 0.1) is 4.91 Å². The Balaban J connectivity index is 1.44. The summed E-state index contributed by atoms with van der Waals surface area (Å²) in [7, 11) is 0. The Kier molecular flexibility index (Phi) is 6.33. The number of benzene rings is 2. The maximum absolute atomic E-state index is 12.7. The Morgan fingerprint density at radius 3 is 2.17 bits per heavy atom. The van der Waals surface area contributed by atoms with E-state index in [0.717, 1.165) is 59.0 Å². The molecule has 3 amide bonds. The first kappa shape index (κ1) is 20.4. The van der Waals surface area contributed by atoms with Crippen LogP contribution in [0.4, 0.5) is 4.79 Å². The molecule has 0 radical (unpaired) electrons. The Morgan fingerprint density at radius 2 is 1.50 bits per heavy atom. The highest BCUT2D eigenvalue weighted by Gasteiger charge is 2.37. The molecule has 0 aliphatic carbocycles. The molecule has 2 aliphatic heterocycles. The molecule has 4 rings (SSSR count). The van der Waals surface area contributed by atoms with Gasteiger partial charge in [0.2, 0.25) is 5.91 Å². The van der Waals surface area contributed by atoms with Crippen molar-refractivity contribution < 1.29 is 14.4 Å². The third-order valence-electron chi connectivity index (χ3n) is 5.44. The zero-order valence-electron chi connectivity index (χ0n) is 16.8. The molecule has 5 nitrogen and oxygen atoms in total. The number of carbonyl (C=O) groups excluding carboxylic acids is 3. The van der Waals surface area contributed by atoms with E-state index in [1.165, 1.54) is 0 Å². The van der Waals surface area contributed by atoms with E-state index in [9.17, 15) is 14.4 Å². The van der Waals surface area contributed by atoms with Crippen LogP contribution in [-0.4, -0.2) is 46.5 Å². The summed E-state index contributed by atoms with van der Waals surface area (Å²) in [6.45, 7) is 1.24. The summed E-state index contributed by atoms with van der Waals surface area (Å²) in [5.41, 5.74) is 3.05. The zero-order valence-corrected chi connectivity index (χ0v) is 17.6. The average Bonchev–Trinajstić information content (AvgIpc) is 2.97. The first-order chi connectivity index (χ1) is 14.6. The van der Waals surface area contributed by atoms with Crippen molar-refractivity contribution in [2.75, 3.05) is 19.6 Å². The van der Waals surface area contributed by atoms with E-state index >= 15 is 0 Å². The van der Waals surface area contributed by atoms with Gasteiger partial charge in [-0.05, 0) is 47.4 Å². The highest BCUT2D eigenvalue weighted by atomic mass is 32.2. The van der Waals surface area contributed by atoms with Crippen molar-refractivity contribution in [1.82, 2.24) is 9.80 Å². The van der Waals surface area contributed by atoms with Crippen LogP contribution in [0.25, 0.3) is 17.2 Å². The average molecular weight is 421 g/mol. The highest BCUT2D eigenvalue weighted by Crippen LogP contribution is 2.32. The molecule has 2 saturated heterocycles. The first-order valence-corrected chi connectivity index (χ1v) is 11.1. The number of nitrogens with zero attached hydrogens (tertiary/aromatic N) is 2. The quantitative estimate of drug-likeness (QED) is 0.667. The number of hydrogen-bond acceptors (Lipinski definition) is 4. The van der Waals surface area contributed by atoms with Gasteiger partial charge in [-0.1, -0.05) is 67.4 Å². The lowest BCUT2D eigenvalue weighted by Crippen LogP contribution is -2.42. The minimum Gasteiger partial charge on any atom is -0.341 e. The van der Waals surface area contributed by atoms with Crippen LogP contribution in [0.3, 0.4) is 0 Å². The fraction of sp³-hybridized carbons (Fsp3) is 0.292. The van der Waals surface area contributed by atoms with E-state index in [4.69, 9.17) is 0 Å². The van der Waals surface area contributed by atoms with Crippen LogP contribution in [0.1, 0.15) is 31.2 Å². The number of amides is 3. The Morgan fingerprint density at radius 1 is 0.867 bits per heavy atom. The van der Waals surface area contributed by atoms with Gasteiger partial charge in [0.1, 0.15) is 6.54 Å². The van der Waals surface area contributed by atoms with Crippen molar-refractivity contribution in [3.8, 4) is 11.1 Å². The van der Waals surface area contributed by atoms with Gasteiger partial charge >= 0.3 is 0 Å². The second kappa shape index (κ2) is 9.30. The minimum absolute atomic E-state index is 0.146. The maximum atomic E-state index is 12.7. The van der Waals surface area contributed by atoms with Gasteiger partial charge in [-0.15, -0.1) is 0 Å². The van der Waals surface area contributed by atoms with Crippen LogP contribution in [-0.2, 0) is 9.59 Å². The standard InChI is InChI=1S/C24H24N2O3S/c27-22(25-14-6-1-2-7-15-25)17-26-23(28)21(30-24(26)29)16-18-10-12-20(13-11-18)19-8-4-3-5-9-19/h3-5,8-13,16H,1-2,6-7,14-15,17H2/b21-16-.